The van der Waals surface area contributed by atoms with Crippen LogP contribution < -0.4 is 14.4 Å². The van der Waals surface area contributed by atoms with Crippen LogP contribution in [0.4, 0.5) is 11.4 Å². The van der Waals surface area contributed by atoms with Crippen molar-refractivity contribution in [2.75, 3.05) is 22.8 Å². The highest BCUT2D eigenvalue weighted by Gasteiger charge is 2.37. The molecule has 0 fully saturated rings. The van der Waals surface area contributed by atoms with Gasteiger partial charge >= 0.3 is 5.97 Å². The predicted molar refractivity (Wildman–Crippen MR) is 128 cm³/mol. The summed E-state index contributed by atoms with van der Waals surface area (Å²) in [5, 5.41) is 2.78. The maximum absolute atomic E-state index is 13.4. The van der Waals surface area contributed by atoms with Gasteiger partial charge in [0, 0.05) is 0 Å². The summed E-state index contributed by atoms with van der Waals surface area (Å²) in [7, 11) is -3.95. The molecule has 1 aliphatic rings. The summed E-state index contributed by atoms with van der Waals surface area (Å²) in [6, 6.07) is 18.9. The van der Waals surface area contributed by atoms with Crippen LogP contribution in [-0.4, -0.2) is 39.5 Å². The molecule has 3 aromatic rings. The molecule has 8 nitrogen and oxygen atoms in total. The lowest BCUT2D eigenvalue weighted by atomic mass is 10.2. The van der Waals surface area contributed by atoms with Crippen molar-refractivity contribution < 1.29 is 27.5 Å². The molecule has 0 unspecified atom stereocenters. The zero-order chi connectivity index (χ0) is 24.3. The number of nitrogens with zero attached hydrogens (tertiary/aromatic N) is 1. The second-order valence-corrected chi connectivity index (χ2v) is 9.60. The second kappa shape index (κ2) is 9.74. The molecule has 0 radical (unpaired) electrons. The number of hydrogen-bond donors (Lipinski definition) is 1. The highest BCUT2D eigenvalue weighted by atomic mass is 35.5. The second-order valence-electron chi connectivity index (χ2n) is 7.33. The number of hydrogen-bond acceptors (Lipinski definition) is 6. The van der Waals surface area contributed by atoms with Gasteiger partial charge in [-0.3, -0.25) is 9.10 Å². The van der Waals surface area contributed by atoms with E-state index in [9.17, 15) is 18.0 Å². The van der Waals surface area contributed by atoms with E-state index in [1.54, 1.807) is 49.4 Å². The Morgan fingerprint density at radius 1 is 1.09 bits per heavy atom. The van der Waals surface area contributed by atoms with Crippen molar-refractivity contribution in [3.63, 3.8) is 0 Å². The van der Waals surface area contributed by atoms with E-state index >= 15 is 0 Å². The molecule has 0 saturated carbocycles. The first-order chi connectivity index (χ1) is 16.3. The van der Waals surface area contributed by atoms with Crippen LogP contribution in [0.3, 0.4) is 0 Å². The third-order valence-corrected chi connectivity index (χ3v) is 7.20. The van der Waals surface area contributed by atoms with E-state index in [0.29, 0.717) is 5.69 Å². The number of ether oxygens (including phenoxy) is 2. The first-order valence-corrected chi connectivity index (χ1v) is 12.2. The lowest BCUT2D eigenvalue weighted by Crippen LogP contribution is -2.48. The van der Waals surface area contributed by atoms with Crippen molar-refractivity contribution in [1.82, 2.24) is 0 Å². The number of benzene rings is 3. The Labute approximate surface area is 202 Å². The van der Waals surface area contributed by atoms with Crippen molar-refractivity contribution in [3.05, 3.63) is 83.4 Å². The van der Waals surface area contributed by atoms with E-state index in [2.05, 4.69) is 5.32 Å². The molecule has 1 amide bonds. The monoisotopic (exact) mass is 500 g/mol. The average Bonchev–Trinajstić information content (AvgIpc) is 2.85. The number of nitrogens with one attached hydrogen (secondary N) is 1. The summed E-state index contributed by atoms with van der Waals surface area (Å²) < 4.78 is 38.7. The lowest BCUT2D eigenvalue weighted by Gasteiger charge is -2.34. The Bertz CT molecular complexity index is 1330. The Balaban J connectivity index is 1.60. The van der Waals surface area contributed by atoms with Crippen LogP contribution in [0.5, 0.6) is 5.75 Å². The number of sulfonamides is 1. The van der Waals surface area contributed by atoms with Crippen LogP contribution in [0, 0.1) is 0 Å². The summed E-state index contributed by atoms with van der Waals surface area (Å²) in [4.78, 5) is 25.0. The number of para-hydroxylation sites is 2. The largest absolute Gasteiger partial charge is 0.476 e. The Kier molecular flexibility index (Phi) is 6.76. The van der Waals surface area contributed by atoms with Crippen LogP contribution in [0.1, 0.15) is 17.3 Å². The van der Waals surface area contributed by atoms with E-state index < -0.39 is 28.0 Å². The van der Waals surface area contributed by atoms with Gasteiger partial charge in [-0.15, -0.1) is 0 Å². The van der Waals surface area contributed by atoms with Crippen molar-refractivity contribution in [2.24, 2.45) is 0 Å². The number of rotatable bonds is 6. The number of carbonyl (C=O) groups excluding carboxylic acids is 2. The molecule has 0 aliphatic carbocycles. The van der Waals surface area contributed by atoms with E-state index in [4.69, 9.17) is 21.1 Å². The third-order valence-electron chi connectivity index (χ3n) is 5.10. The molecule has 1 N–H and O–H groups in total. The fourth-order valence-electron chi connectivity index (χ4n) is 3.46. The quantitative estimate of drug-likeness (QED) is 0.511. The SMILES string of the molecule is CCOC(=O)c1ccc(NC(=O)[C@@H]2CN(S(=O)(=O)c3ccccc3)c3ccccc3O2)c(Cl)c1. The smallest absolute Gasteiger partial charge is 0.338 e. The predicted octanol–water partition coefficient (Wildman–Crippen LogP) is 4.11. The molecule has 34 heavy (non-hydrogen) atoms. The first kappa shape index (κ1) is 23.6. The molecule has 3 aromatic carbocycles. The number of anilines is 2. The van der Waals surface area contributed by atoms with Gasteiger partial charge in [0.2, 0.25) is 0 Å². The van der Waals surface area contributed by atoms with Crippen molar-refractivity contribution in [1.29, 1.82) is 0 Å². The van der Waals surface area contributed by atoms with Gasteiger partial charge in [0.05, 0.1) is 40.0 Å². The zero-order valence-electron chi connectivity index (χ0n) is 18.1. The van der Waals surface area contributed by atoms with E-state index in [1.165, 1.54) is 30.3 Å². The molecule has 1 aliphatic heterocycles. The van der Waals surface area contributed by atoms with Gasteiger partial charge in [0.15, 0.2) is 6.10 Å². The van der Waals surface area contributed by atoms with Crippen molar-refractivity contribution in [3.8, 4) is 5.75 Å². The topological polar surface area (TPSA) is 102 Å². The zero-order valence-corrected chi connectivity index (χ0v) is 19.7. The molecule has 1 atom stereocenters. The van der Waals surface area contributed by atoms with Crippen molar-refractivity contribution >= 4 is 44.9 Å². The summed E-state index contributed by atoms with van der Waals surface area (Å²) in [6.45, 7) is 1.67. The summed E-state index contributed by atoms with van der Waals surface area (Å²) in [6.07, 6.45) is -1.14. The Hall–Kier alpha value is -3.56. The highest BCUT2D eigenvalue weighted by Crippen LogP contribution is 2.37. The van der Waals surface area contributed by atoms with Crippen LogP contribution in [0.2, 0.25) is 5.02 Å². The lowest BCUT2D eigenvalue weighted by molar-refractivity contribution is -0.122. The van der Waals surface area contributed by atoms with Crippen molar-refractivity contribution in [2.45, 2.75) is 17.9 Å². The highest BCUT2D eigenvalue weighted by molar-refractivity contribution is 7.92. The molecular weight excluding hydrogens is 480 g/mol. The standard InChI is InChI=1S/C24H21ClN2O6S/c1-2-32-24(29)16-12-13-19(18(25)14-16)26-23(28)22-15-27(20-10-6-7-11-21(20)33-22)34(30,31)17-8-4-3-5-9-17/h3-14,22H,2,15H2,1H3,(H,26,28)/t22-/m0/s1. The van der Waals surface area contributed by atoms with Crippen LogP contribution in [0.15, 0.2) is 77.7 Å². The Morgan fingerprint density at radius 2 is 1.79 bits per heavy atom. The van der Waals surface area contributed by atoms with Gasteiger partial charge < -0.3 is 14.8 Å². The maximum atomic E-state index is 13.4. The summed E-state index contributed by atoms with van der Waals surface area (Å²) in [5.41, 5.74) is 0.833. The van der Waals surface area contributed by atoms with Gasteiger partial charge in [0.1, 0.15) is 5.75 Å². The minimum absolute atomic E-state index is 0.100. The van der Waals surface area contributed by atoms with Gasteiger partial charge in [-0.1, -0.05) is 41.9 Å². The molecule has 0 bridgehead atoms. The molecule has 0 saturated heterocycles. The number of esters is 1. The molecule has 0 spiro atoms. The fraction of sp³-hybridized carbons (Fsp3) is 0.167. The average molecular weight is 501 g/mol. The number of fused-ring (bicyclic) bond motifs is 1. The van der Waals surface area contributed by atoms with E-state index in [1.807, 2.05) is 0 Å². The molecular formula is C24H21ClN2O6S. The minimum Gasteiger partial charge on any atom is -0.476 e. The van der Waals surface area contributed by atoms with Gasteiger partial charge in [-0.05, 0) is 49.4 Å². The first-order valence-electron chi connectivity index (χ1n) is 10.4. The fourth-order valence-corrected chi connectivity index (χ4v) is 5.18. The van der Waals surface area contributed by atoms with Gasteiger partial charge in [-0.25, -0.2) is 13.2 Å². The number of halogens is 1. The third kappa shape index (κ3) is 4.71. The van der Waals surface area contributed by atoms with Crippen LogP contribution in [0.25, 0.3) is 0 Å². The van der Waals surface area contributed by atoms with Crippen LogP contribution >= 0.6 is 11.6 Å². The molecule has 0 aromatic heterocycles. The van der Waals surface area contributed by atoms with E-state index in [-0.39, 0.29) is 40.1 Å². The van der Waals surface area contributed by atoms with Gasteiger partial charge in [0.25, 0.3) is 15.9 Å². The summed E-state index contributed by atoms with van der Waals surface area (Å²) in [5.74, 6) is -0.859. The minimum atomic E-state index is -3.95. The maximum Gasteiger partial charge on any atom is 0.338 e. The van der Waals surface area contributed by atoms with Gasteiger partial charge in [-0.2, -0.15) is 0 Å². The Morgan fingerprint density at radius 3 is 2.50 bits per heavy atom. The summed E-state index contributed by atoms with van der Waals surface area (Å²) >= 11 is 6.25. The number of carbonyl (C=O) groups is 2. The normalized spacial score (nSPS) is 15.1. The molecule has 176 valence electrons. The molecule has 4 rings (SSSR count). The van der Waals surface area contributed by atoms with Crippen LogP contribution in [-0.2, 0) is 19.6 Å². The molecule has 1 heterocycles. The molecule has 10 heteroatoms. The van der Waals surface area contributed by atoms with E-state index in [0.717, 1.165) is 4.31 Å². The number of amides is 1.